The van der Waals surface area contributed by atoms with Crippen LogP contribution in [0.1, 0.15) is 22.3 Å². The van der Waals surface area contributed by atoms with Crippen LogP contribution in [0.15, 0.2) is 18.2 Å². The molecule has 100 valence electrons. The summed E-state index contributed by atoms with van der Waals surface area (Å²) in [4.78, 5) is 25.5. The highest BCUT2D eigenvalue weighted by atomic mass is 16.2. The Labute approximate surface area is 112 Å². The van der Waals surface area contributed by atoms with Crippen LogP contribution in [-0.2, 0) is 11.2 Å². The minimum absolute atomic E-state index is 0.00653. The predicted molar refractivity (Wildman–Crippen MR) is 72.1 cm³/mol. The highest BCUT2D eigenvalue weighted by Gasteiger charge is 2.25. The molecule has 0 spiro atoms. The number of hydrogen-bond donors (Lipinski definition) is 2. The largest absolute Gasteiger partial charge is 0.337 e. The van der Waals surface area contributed by atoms with Gasteiger partial charge in [-0.3, -0.25) is 9.59 Å². The molecular weight excluding hydrogens is 242 g/mol. The van der Waals surface area contributed by atoms with Crippen molar-refractivity contribution in [3.05, 3.63) is 29.3 Å². The van der Waals surface area contributed by atoms with E-state index in [0.717, 1.165) is 30.8 Å². The number of carbonyl (C=O) groups is 2. The van der Waals surface area contributed by atoms with E-state index in [0.29, 0.717) is 12.0 Å². The van der Waals surface area contributed by atoms with Crippen molar-refractivity contribution in [3.63, 3.8) is 0 Å². The van der Waals surface area contributed by atoms with E-state index in [1.165, 1.54) is 0 Å². The van der Waals surface area contributed by atoms with E-state index in [2.05, 4.69) is 10.6 Å². The Morgan fingerprint density at radius 1 is 1.42 bits per heavy atom. The van der Waals surface area contributed by atoms with Crippen molar-refractivity contribution in [2.45, 2.75) is 18.9 Å². The number of carbonyl (C=O) groups excluding carboxylic acids is 2. The van der Waals surface area contributed by atoms with Gasteiger partial charge in [0.05, 0.1) is 6.42 Å². The molecular formula is C14H17N3O2. The van der Waals surface area contributed by atoms with Crippen LogP contribution in [0.4, 0.5) is 5.69 Å². The zero-order chi connectivity index (χ0) is 13.4. The van der Waals surface area contributed by atoms with Crippen LogP contribution in [0.25, 0.3) is 0 Å². The Kier molecular flexibility index (Phi) is 2.98. The van der Waals surface area contributed by atoms with Gasteiger partial charge in [-0.15, -0.1) is 0 Å². The number of likely N-dealkylation sites (N-methyl/N-ethyl adjacent to an activating group) is 1. The maximum Gasteiger partial charge on any atom is 0.253 e. The molecule has 19 heavy (non-hydrogen) atoms. The lowest BCUT2D eigenvalue weighted by Crippen LogP contribution is -2.38. The number of rotatable bonds is 2. The third-order valence-corrected chi connectivity index (χ3v) is 3.88. The molecule has 0 aliphatic carbocycles. The van der Waals surface area contributed by atoms with Gasteiger partial charge in [0.15, 0.2) is 0 Å². The summed E-state index contributed by atoms with van der Waals surface area (Å²) < 4.78 is 0. The van der Waals surface area contributed by atoms with E-state index < -0.39 is 0 Å². The number of anilines is 1. The third kappa shape index (κ3) is 2.21. The normalized spacial score (nSPS) is 21.1. The number of nitrogens with zero attached hydrogens (tertiary/aromatic N) is 1. The van der Waals surface area contributed by atoms with Gasteiger partial charge >= 0.3 is 0 Å². The number of fused-ring (bicyclic) bond motifs is 1. The third-order valence-electron chi connectivity index (χ3n) is 3.88. The zero-order valence-corrected chi connectivity index (χ0v) is 10.9. The van der Waals surface area contributed by atoms with Crippen molar-refractivity contribution < 1.29 is 9.59 Å². The summed E-state index contributed by atoms with van der Waals surface area (Å²) in [5.41, 5.74) is 2.37. The van der Waals surface area contributed by atoms with Gasteiger partial charge < -0.3 is 15.5 Å². The molecule has 1 aromatic carbocycles. The molecule has 5 heteroatoms. The molecule has 2 aliphatic rings. The number of amides is 2. The number of hydrogen-bond acceptors (Lipinski definition) is 3. The summed E-state index contributed by atoms with van der Waals surface area (Å²) in [6, 6.07) is 5.71. The lowest BCUT2D eigenvalue weighted by Gasteiger charge is -2.24. The van der Waals surface area contributed by atoms with E-state index in [1.807, 2.05) is 13.1 Å². The number of nitrogens with one attached hydrogen (secondary N) is 2. The first kappa shape index (κ1) is 12.2. The number of benzene rings is 1. The van der Waals surface area contributed by atoms with Gasteiger partial charge in [-0.25, -0.2) is 0 Å². The highest BCUT2D eigenvalue weighted by Crippen LogP contribution is 2.25. The van der Waals surface area contributed by atoms with E-state index >= 15 is 0 Å². The van der Waals surface area contributed by atoms with Crippen molar-refractivity contribution in [2.24, 2.45) is 0 Å². The minimum Gasteiger partial charge on any atom is -0.337 e. The fourth-order valence-electron chi connectivity index (χ4n) is 2.69. The second-order valence-electron chi connectivity index (χ2n) is 5.16. The van der Waals surface area contributed by atoms with Gasteiger partial charge in [0, 0.05) is 30.9 Å². The van der Waals surface area contributed by atoms with E-state index in [4.69, 9.17) is 0 Å². The van der Waals surface area contributed by atoms with Crippen molar-refractivity contribution in [1.29, 1.82) is 0 Å². The van der Waals surface area contributed by atoms with Gasteiger partial charge in [-0.1, -0.05) is 6.07 Å². The van der Waals surface area contributed by atoms with E-state index in [-0.39, 0.29) is 17.9 Å². The van der Waals surface area contributed by atoms with Crippen LogP contribution < -0.4 is 10.6 Å². The van der Waals surface area contributed by atoms with Crippen LogP contribution in [0.5, 0.6) is 0 Å². The quantitative estimate of drug-likeness (QED) is 0.818. The molecule has 1 unspecified atom stereocenters. The van der Waals surface area contributed by atoms with Gasteiger partial charge in [0.25, 0.3) is 5.91 Å². The summed E-state index contributed by atoms with van der Waals surface area (Å²) in [7, 11) is 1.84. The Morgan fingerprint density at radius 3 is 3.00 bits per heavy atom. The maximum absolute atomic E-state index is 12.4. The summed E-state index contributed by atoms with van der Waals surface area (Å²) in [6.45, 7) is 1.81. The molecule has 2 aliphatic heterocycles. The summed E-state index contributed by atoms with van der Waals surface area (Å²) >= 11 is 0. The van der Waals surface area contributed by atoms with E-state index in [1.54, 1.807) is 17.0 Å². The Hall–Kier alpha value is -1.88. The molecule has 5 nitrogen and oxygen atoms in total. The van der Waals surface area contributed by atoms with Crippen LogP contribution in [-0.4, -0.2) is 42.9 Å². The molecule has 0 radical (unpaired) electrons. The molecule has 2 N–H and O–H groups in total. The minimum atomic E-state index is -0.00653. The first-order chi connectivity index (χ1) is 9.15. The highest BCUT2D eigenvalue weighted by molar-refractivity contribution is 6.02. The first-order valence-electron chi connectivity index (χ1n) is 6.56. The molecule has 3 rings (SSSR count). The fraction of sp³-hybridized carbons (Fsp3) is 0.429. The molecule has 1 fully saturated rings. The van der Waals surface area contributed by atoms with Crippen LogP contribution in [0.2, 0.25) is 0 Å². The molecule has 1 aromatic rings. The van der Waals surface area contributed by atoms with Gasteiger partial charge in [-0.05, 0) is 30.7 Å². The van der Waals surface area contributed by atoms with Gasteiger partial charge in [-0.2, -0.15) is 0 Å². The van der Waals surface area contributed by atoms with Gasteiger partial charge in [0.1, 0.15) is 0 Å². The Bertz CT molecular complexity index is 535. The molecule has 0 bridgehead atoms. The Balaban J connectivity index is 1.80. The predicted octanol–water partition coefficient (Wildman–Crippen LogP) is 0.615. The Morgan fingerprint density at radius 2 is 2.26 bits per heavy atom. The summed E-state index contributed by atoms with van der Waals surface area (Å²) in [5, 5.41) is 6.04. The molecule has 1 saturated heterocycles. The lowest BCUT2D eigenvalue weighted by atomic mass is 10.1. The monoisotopic (exact) mass is 259 g/mol. The first-order valence-corrected chi connectivity index (χ1v) is 6.56. The fourth-order valence-corrected chi connectivity index (χ4v) is 2.69. The molecule has 0 aromatic heterocycles. The van der Waals surface area contributed by atoms with Gasteiger partial charge in [0.2, 0.25) is 5.91 Å². The summed E-state index contributed by atoms with van der Waals surface area (Å²) in [6.07, 6.45) is 1.40. The maximum atomic E-state index is 12.4. The standard InChI is InChI=1S/C14H17N3O2/c1-17(11-4-5-15-8-11)14(19)10-3-2-9-7-13(18)16-12(9)6-10/h2-3,6,11,15H,4-5,7-8H2,1H3,(H,16,18). The van der Waals surface area contributed by atoms with Crippen molar-refractivity contribution >= 4 is 17.5 Å². The second-order valence-corrected chi connectivity index (χ2v) is 5.16. The van der Waals surface area contributed by atoms with Crippen LogP contribution in [0, 0.1) is 0 Å². The topological polar surface area (TPSA) is 61.4 Å². The molecule has 0 saturated carbocycles. The SMILES string of the molecule is CN(C(=O)c1ccc2c(c1)NC(=O)C2)C1CCNC1. The van der Waals surface area contributed by atoms with Crippen LogP contribution >= 0.6 is 0 Å². The average molecular weight is 259 g/mol. The zero-order valence-electron chi connectivity index (χ0n) is 10.9. The van der Waals surface area contributed by atoms with Crippen molar-refractivity contribution in [1.82, 2.24) is 10.2 Å². The lowest BCUT2D eigenvalue weighted by molar-refractivity contribution is -0.115. The van der Waals surface area contributed by atoms with Crippen molar-refractivity contribution in [3.8, 4) is 0 Å². The summed E-state index contributed by atoms with van der Waals surface area (Å²) in [5.74, 6) is 0.00518. The molecule has 2 heterocycles. The van der Waals surface area contributed by atoms with Crippen LogP contribution in [0.3, 0.4) is 0 Å². The second kappa shape index (κ2) is 4.66. The smallest absolute Gasteiger partial charge is 0.253 e. The molecule has 1 atom stereocenters. The molecule has 2 amide bonds. The average Bonchev–Trinajstić information content (AvgIpc) is 3.03. The van der Waals surface area contributed by atoms with Crippen molar-refractivity contribution in [2.75, 3.05) is 25.5 Å². The van der Waals surface area contributed by atoms with E-state index in [9.17, 15) is 9.59 Å².